The van der Waals surface area contributed by atoms with Gasteiger partial charge in [0, 0.05) is 23.6 Å². The van der Waals surface area contributed by atoms with Crippen LogP contribution in [0.4, 0.5) is 4.39 Å². The molecular weight excluding hydrogens is 393 g/mol. The van der Waals surface area contributed by atoms with Gasteiger partial charge >= 0.3 is 0 Å². The number of aromatic amines is 1. The van der Waals surface area contributed by atoms with Gasteiger partial charge in [-0.3, -0.25) is 9.89 Å². The van der Waals surface area contributed by atoms with E-state index >= 15 is 0 Å². The van der Waals surface area contributed by atoms with Gasteiger partial charge in [0.2, 0.25) is 0 Å². The van der Waals surface area contributed by atoms with E-state index in [1.165, 1.54) is 12.1 Å². The number of carbonyl (C=O) groups excluding carboxylic acids is 1. The topological polar surface area (TPSA) is 84.9 Å². The van der Waals surface area contributed by atoms with Gasteiger partial charge in [0.15, 0.2) is 0 Å². The molecule has 0 atom stereocenters. The number of carbonyl (C=O) groups is 1. The number of aromatic nitrogens is 2. The molecule has 0 aliphatic heterocycles. The first kappa shape index (κ1) is 18.8. The predicted molar refractivity (Wildman–Crippen MR) is 117 cm³/mol. The van der Waals surface area contributed by atoms with Crippen LogP contribution in [-0.2, 0) is 6.42 Å². The Morgan fingerprint density at radius 2 is 1.74 bits per heavy atom. The zero-order chi connectivity index (χ0) is 21.4. The number of hydrogen-bond donors (Lipinski definition) is 2. The Bertz CT molecular complexity index is 1390. The van der Waals surface area contributed by atoms with Crippen LogP contribution in [-0.4, -0.2) is 16.1 Å². The van der Waals surface area contributed by atoms with Crippen LogP contribution in [0.3, 0.4) is 0 Å². The third-order valence-electron chi connectivity index (χ3n) is 5.29. The van der Waals surface area contributed by atoms with E-state index in [-0.39, 0.29) is 5.82 Å². The molecule has 0 saturated carbocycles. The van der Waals surface area contributed by atoms with Gasteiger partial charge in [-0.05, 0) is 53.1 Å². The van der Waals surface area contributed by atoms with Gasteiger partial charge in [0.05, 0.1) is 11.3 Å². The fourth-order valence-corrected chi connectivity index (χ4v) is 3.79. The van der Waals surface area contributed by atoms with Gasteiger partial charge in [-0.2, -0.15) is 5.10 Å². The number of fused-ring (bicyclic) bond motifs is 1. The Labute approximate surface area is 177 Å². The maximum atomic E-state index is 13.2. The van der Waals surface area contributed by atoms with Crippen LogP contribution < -0.4 is 5.73 Å². The van der Waals surface area contributed by atoms with Crippen LogP contribution in [0, 0.1) is 5.82 Å². The van der Waals surface area contributed by atoms with Gasteiger partial charge in [-0.15, -0.1) is 0 Å². The van der Waals surface area contributed by atoms with E-state index in [4.69, 9.17) is 10.2 Å². The lowest BCUT2D eigenvalue weighted by Gasteiger charge is -2.05. The van der Waals surface area contributed by atoms with Crippen molar-refractivity contribution in [3.8, 4) is 22.4 Å². The zero-order valence-corrected chi connectivity index (χ0v) is 16.4. The molecule has 5 aromatic rings. The summed E-state index contributed by atoms with van der Waals surface area (Å²) < 4.78 is 19.2. The number of hydrogen-bond acceptors (Lipinski definition) is 3. The summed E-state index contributed by atoms with van der Waals surface area (Å²) in [6.07, 6.45) is 2.05. The van der Waals surface area contributed by atoms with Crippen LogP contribution in [0.2, 0.25) is 0 Å². The number of furan rings is 1. The maximum Gasteiger partial charge on any atom is 0.252 e. The minimum absolute atomic E-state index is 0.314. The third kappa shape index (κ3) is 3.59. The summed E-state index contributed by atoms with van der Waals surface area (Å²) >= 11 is 0. The summed E-state index contributed by atoms with van der Waals surface area (Å²) in [6, 6.07) is 21.7. The Balaban J connectivity index is 1.58. The Morgan fingerprint density at radius 3 is 2.48 bits per heavy atom. The first-order chi connectivity index (χ1) is 15.1. The summed E-state index contributed by atoms with van der Waals surface area (Å²) in [6.45, 7) is 0. The molecule has 2 aromatic heterocycles. The first-order valence-electron chi connectivity index (χ1n) is 9.78. The molecule has 6 heteroatoms. The molecular formula is C25H18FN3O2. The quantitative estimate of drug-likeness (QED) is 0.411. The lowest BCUT2D eigenvalue weighted by Crippen LogP contribution is -2.12. The van der Waals surface area contributed by atoms with Crippen molar-refractivity contribution in [1.82, 2.24) is 10.2 Å². The number of nitrogens with zero attached hydrogens (tertiary/aromatic N) is 1. The number of benzene rings is 3. The van der Waals surface area contributed by atoms with Crippen LogP contribution in [0.15, 0.2) is 83.4 Å². The molecule has 5 rings (SSSR count). The van der Waals surface area contributed by atoms with E-state index in [1.807, 2.05) is 42.5 Å². The predicted octanol–water partition coefficient (Wildman–Crippen LogP) is 5.32. The van der Waals surface area contributed by atoms with Crippen LogP contribution in [0.1, 0.15) is 21.7 Å². The number of amides is 1. The molecule has 0 bridgehead atoms. The van der Waals surface area contributed by atoms with Crippen molar-refractivity contribution >= 4 is 16.9 Å². The standard InChI is InChI=1S/C25H18FN3O2/c26-19-7-4-15(5-8-19)12-23-24(25(27)30)20-14-17(6-9-22(20)31-23)16-2-1-3-18(13-16)21-10-11-28-29-21/h1-11,13-14H,12H2,(H2,27,30)(H,28,29). The number of halogens is 1. The maximum absolute atomic E-state index is 13.2. The number of primary amides is 1. The van der Waals surface area contributed by atoms with Crippen molar-refractivity contribution in [1.29, 1.82) is 0 Å². The number of rotatable bonds is 5. The van der Waals surface area contributed by atoms with E-state index < -0.39 is 5.91 Å². The molecule has 0 spiro atoms. The highest BCUT2D eigenvalue weighted by molar-refractivity contribution is 6.07. The molecule has 3 N–H and O–H groups in total. The second kappa shape index (κ2) is 7.57. The molecule has 0 fully saturated rings. The smallest absolute Gasteiger partial charge is 0.252 e. The molecule has 0 saturated heterocycles. The largest absolute Gasteiger partial charge is 0.460 e. The molecule has 31 heavy (non-hydrogen) atoms. The summed E-state index contributed by atoms with van der Waals surface area (Å²) in [5.74, 6) is -0.401. The minimum Gasteiger partial charge on any atom is -0.460 e. The van der Waals surface area contributed by atoms with E-state index in [9.17, 15) is 9.18 Å². The SMILES string of the molecule is NC(=O)c1c(Cc2ccc(F)cc2)oc2ccc(-c3cccc(-c4ccn[nH]4)c3)cc12. The number of nitrogens with two attached hydrogens (primary N) is 1. The zero-order valence-electron chi connectivity index (χ0n) is 16.4. The summed E-state index contributed by atoms with van der Waals surface area (Å²) in [5.41, 5.74) is 11.3. The molecule has 0 unspecified atom stereocenters. The van der Waals surface area contributed by atoms with Crippen molar-refractivity contribution in [3.63, 3.8) is 0 Å². The van der Waals surface area contributed by atoms with E-state index in [0.29, 0.717) is 28.7 Å². The monoisotopic (exact) mass is 411 g/mol. The summed E-state index contributed by atoms with van der Waals surface area (Å²) in [5, 5.41) is 7.63. The normalized spacial score (nSPS) is 11.1. The lowest BCUT2D eigenvalue weighted by molar-refractivity contribution is 0.1000. The Hall–Kier alpha value is -4.19. The second-order valence-corrected chi connectivity index (χ2v) is 7.33. The van der Waals surface area contributed by atoms with Crippen molar-refractivity contribution in [2.75, 3.05) is 0 Å². The molecule has 152 valence electrons. The number of H-pyrrole nitrogens is 1. The fraction of sp³-hybridized carbons (Fsp3) is 0.0400. The molecule has 5 nitrogen and oxygen atoms in total. The molecule has 0 aliphatic carbocycles. The van der Waals surface area contributed by atoms with Gasteiger partial charge in [0.1, 0.15) is 17.2 Å². The summed E-state index contributed by atoms with van der Waals surface area (Å²) in [4.78, 5) is 12.3. The van der Waals surface area contributed by atoms with Gasteiger partial charge in [0.25, 0.3) is 5.91 Å². The minimum atomic E-state index is -0.556. The Kier molecular flexibility index (Phi) is 4.59. The molecule has 3 aromatic carbocycles. The molecule has 0 radical (unpaired) electrons. The van der Waals surface area contributed by atoms with Crippen LogP contribution in [0.25, 0.3) is 33.4 Å². The molecule has 1 amide bonds. The molecule has 2 heterocycles. The Morgan fingerprint density at radius 1 is 0.968 bits per heavy atom. The highest BCUT2D eigenvalue weighted by Crippen LogP contribution is 2.33. The van der Waals surface area contributed by atoms with Crippen LogP contribution >= 0.6 is 0 Å². The van der Waals surface area contributed by atoms with Crippen molar-refractivity contribution in [2.45, 2.75) is 6.42 Å². The highest BCUT2D eigenvalue weighted by Gasteiger charge is 2.20. The van der Waals surface area contributed by atoms with Crippen LogP contribution in [0.5, 0.6) is 0 Å². The fourth-order valence-electron chi connectivity index (χ4n) is 3.79. The van der Waals surface area contributed by atoms with E-state index in [2.05, 4.69) is 16.3 Å². The van der Waals surface area contributed by atoms with Crippen molar-refractivity contribution in [2.24, 2.45) is 5.73 Å². The third-order valence-corrected chi connectivity index (χ3v) is 5.29. The highest BCUT2D eigenvalue weighted by atomic mass is 19.1. The van der Waals surface area contributed by atoms with Gasteiger partial charge < -0.3 is 10.2 Å². The lowest BCUT2D eigenvalue weighted by atomic mass is 9.98. The average Bonchev–Trinajstić information content (AvgIpc) is 3.43. The van der Waals surface area contributed by atoms with Crippen molar-refractivity contribution < 1.29 is 13.6 Å². The second-order valence-electron chi connectivity index (χ2n) is 7.33. The van der Waals surface area contributed by atoms with Crippen molar-refractivity contribution in [3.05, 3.63) is 102 Å². The first-order valence-corrected chi connectivity index (χ1v) is 9.78. The average molecular weight is 411 g/mol. The van der Waals surface area contributed by atoms with E-state index in [0.717, 1.165) is 27.9 Å². The molecule has 0 aliphatic rings. The summed E-state index contributed by atoms with van der Waals surface area (Å²) in [7, 11) is 0. The van der Waals surface area contributed by atoms with Gasteiger partial charge in [-0.1, -0.05) is 36.4 Å². The number of nitrogens with one attached hydrogen (secondary N) is 1. The van der Waals surface area contributed by atoms with E-state index in [1.54, 1.807) is 18.3 Å². The van der Waals surface area contributed by atoms with Gasteiger partial charge in [-0.25, -0.2) is 4.39 Å².